The van der Waals surface area contributed by atoms with Gasteiger partial charge in [-0.1, -0.05) is 24.6 Å². The molecular weight excluding hydrogens is 212 g/mol. The number of piperidine rings is 1. The van der Waals surface area contributed by atoms with Crippen LogP contribution in [0.2, 0.25) is 0 Å². The first-order valence-electron chi connectivity index (χ1n) is 6.28. The van der Waals surface area contributed by atoms with E-state index < -0.39 is 0 Å². The van der Waals surface area contributed by atoms with Gasteiger partial charge in [0.05, 0.1) is 0 Å². The number of anilines is 1. The quantitative estimate of drug-likeness (QED) is 0.792. The highest BCUT2D eigenvalue weighted by atomic mass is 16.2. The molecule has 2 amide bonds. The monoisotopic (exact) mass is 232 g/mol. The molecule has 0 spiro atoms. The van der Waals surface area contributed by atoms with Crippen LogP contribution in [0.3, 0.4) is 0 Å². The Bertz CT molecular complexity index is 386. The lowest BCUT2D eigenvalue weighted by atomic mass is 10.0. The van der Waals surface area contributed by atoms with Crippen LogP contribution in [0.5, 0.6) is 0 Å². The van der Waals surface area contributed by atoms with E-state index in [2.05, 4.69) is 12.2 Å². The molecule has 1 N–H and O–H groups in total. The fraction of sp³-hybridized carbons (Fsp3) is 0.500. The number of nitrogens with one attached hydrogen (secondary N) is 1. The number of rotatable bonds is 1. The maximum Gasteiger partial charge on any atom is 0.321 e. The fourth-order valence-corrected chi connectivity index (χ4v) is 2.21. The van der Waals surface area contributed by atoms with Gasteiger partial charge in [-0.25, -0.2) is 4.79 Å². The highest BCUT2D eigenvalue weighted by molar-refractivity contribution is 5.89. The first-order chi connectivity index (χ1) is 8.15. The van der Waals surface area contributed by atoms with Crippen molar-refractivity contribution in [3.8, 4) is 0 Å². The van der Waals surface area contributed by atoms with Gasteiger partial charge in [-0.05, 0) is 37.8 Å². The van der Waals surface area contributed by atoms with E-state index in [-0.39, 0.29) is 6.03 Å². The van der Waals surface area contributed by atoms with Crippen LogP contribution in [-0.4, -0.2) is 24.0 Å². The molecule has 17 heavy (non-hydrogen) atoms. The second kappa shape index (κ2) is 5.21. The van der Waals surface area contributed by atoms with Gasteiger partial charge in [0.2, 0.25) is 0 Å². The van der Waals surface area contributed by atoms with E-state index in [1.165, 1.54) is 12.0 Å². The van der Waals surface area contributed by atoms with E-state index in [1.807, 2.05) is 36.1 Å². The zero-order chi connectivity index (χ0) is 12.3. The largest absolute Gasteiger partial charge is 0.324 e. The third-order valence-corrected chi connectivity index (χ3v) is 3.25. The van der Waals surface area contributed by atoms with Gasteiger partial charge in [-0.15, -0.1) is 0 Å². The minimum Gasteiger partial charge on any atom is -0.324 e. The number of benzene rings is 1. The van der Waals surface area contributed by atoms with Crippen molar-refractivity contribution in [3.63, 3.8) is 0 Å². The van der Waals surface area contributed by atoms with Crippen molar-refractivity contribution < 1.29 is 4.79 Å². The first-order valence-corrected chi connectivity index (χ1v) is 6.28. The predicted molar refractivity (Wildman–Crippen MR) is 70.2 cm³/mol. The van der Waals surface area contributed by atoms with Crippen LogP contribution in [-0.2, 0) is 0 Å². The van der Waals surface area contributed by atoms with Crippen LogP contribution in [0.4, 0.5) is 10.5 Å². The van der Waals surface area contributed by atoms with Gasteiger partial charge in [0.25, 0.3) is 0 Å². The number of amides is 2. The van der Waals surface area contributed by atoms with Crippen molar-refractivity contribution in [3.05, 3.63) is 29.8 Å². The van der Waals surface area contributed by atoms with Crippen LogP contribution in [0.25, 0.3) is 0 Å². The molecule has 0 radical (unpaired) electrons. The lowest BCUT2D eigenvalue weighted by Crippen LogP contribution is -2.41. The Labute approximate surface area is 103 Å². The van der Waals surface area contributed by atoms with E-state index in [9.17, 15) is 4.79 Å². The van der Waals surface area contributed by atoms with Crippen LogP contribution in [0, 0.1) is 12.8 Å². The molecule has 0 saturated carbocycles. The molecule has 1 aromatic carbocycles. The number of aryl methyl sites for hydroxylation is 1. The maximum atomic E-state index is 12.0. The highest BCUT2D eigenvalue weighted by Gasteiger charge is 2.20. The third-order valence-electron chi connectivity index (χ3n) is 3.25. The van der Waals surface area contributed by atoms with Crippen molar-refractivity contribution in [2.24, 2.45) is 5.92 Å². The van der Waals surface area contributed by atoms with Crippen molar-refractivity contribution in [1.82, 2.24) is 4.90 Å². The average molecular weight is 232 g/mol. The summed E-state index contributed by atoms with van der Waals surface area (Å²) in [5.41, 5.74) is 2.08. The molecule has 1 aliphatic heterocycles. The zero-order valence-electron chi connectivity index (χ0n) is 10.6. The molecular formula is C14H20N2O. The number of hydrogen-bond donors (Lipinski definition) is 1. The first kappa shape index (κ1) is 12.0. The lowest BCUT2D eigenvalue weighted by molar-refractivity contribution is 0.182. The Kier molecular flexibility index (Phi) is 3.67. The number of carbonyl (C=O) groups is 1. The van der Waals surface area contributed by atoms with Gasteiger partial charge < -0.3 is 10.2 Å². The Hall–Kier alpha value is -1.51. The average Bonchev–Trinajstić information content (AvgIpc) is 2.32. The minimum atomic E-state index is 0.0282. The SMILES string of the molecule is Cc1ccc(NC(=O)N2CCCC(C)C2)cc1. The van der Waals surface area contributed by atoms with Gasteiger partial charge in [-0.2, -0.15) is 0 Å². The Morgan fingerprint density at radius 2 is 2.06 bits per heavy atom. The number of hydrogen-bond acceptors (Lipinski definition) is 1. The molecule has 1 saturated heterocycles. The van der Waals surface area contributed by atoms with Crippen LogP contribution in [0.1, 0.15) is 25.3 Å². The molecule has 2 rings (SSSR count). The lowest BCUT2D eigenvalue weighted by Gasteiger charge is -2.30. The molecule has 1 unspecified atom stereocenters. The molecule has 1 fully saturated rings. The minimum absolute atomic E-state index is 0.0282. The van der Waals surface area contributed by atoms with E-state index in [1.54, 1.807) is 0 Å². The van der Waals surface area contributed by atoms with Crippen molar-refractivity contribution >= 4 is 11.7 Å². The highest BCUT2D eigenvalue weighted by Crippen LogP contribution is 2.17. The number of nitrogens with zero attached hydrogens (tertiary/aromatic N) is 1. The molecule has 3 heteroatoms. The van der Waals surface area contributed by atoms with Gasteiger partial charge >= 0.3 is 6.03 Å². The second-order valence-corrected chi connectivity index (χ2v) is 4.99. The normalized spacial score (nSPS) is 20.1. The number of likely N-dealkylation sites (tertiary alicyclic amines) is 1. The maximum absolute atomic E-state index is 12.0. The van der Waals surface area contributed by atoms with Gasteiger partial charge in [0.15, 0.2) is 0 Å². The topological polar surface area (TPSA) is 32.3 Å². The molecule has 3 nitrogen and oxygen atoms in total. The molecule has 0 bridgehead atoms. The van der Waals surface area contributed by atoms with Gasteiger partial charge in [0.1, 0.15) is 0 Å². The molecule has 92 valence electrons. The number of urea groups is 1. The summed E-state index contributed by atoms with van der Waals surface area (Å²) in [5, 5.41) is 2.95. The summed E-state index contributed by atoms with van der Waals surface area (Å²) in [7, 11) is 0. The summed E-state index contributed by atoms with van der Waals surface area (Å²) in [6.45, 7) is 5.99. The second-order valence-electron chi connectivity index (χ2n) is 4.99. The molecule has 0 aliphatic carbocycles. The smallest absolute Gasteiger partial charge is 0.321 e. The van der Waals surface area contributed by atoms with Crippen LogP contribution < -0.4 is 5.32 Å². The van der Waals surface area contributed by atoms with E-state index >= 15 is 0 Å². The molecule has 1 atom stereocenters. The predicted octanol–water partition coefficient (Wildman–Crippen LogP) is 3.26. The summed E-state index contributed by atoms with van der Waals surface area (Å²) in [5.74, 6) is 0.618. The van der Waals surface area contributed by atoms with Crippen molar-refractivity contribution in [2.45, 2.75) is 26.7 Å². The molecule has 1 aliphatic rings. The molecule has 1 aromatic rings. The summed E-state index contributed by atoms with van der Waals surface area (Å²) in [6.07, 6.45) is 2.34. The third kappa shape index (κ3) is 3.22. The Balaban J connectivity index is 1.94. The van der Waals surface area contributed by atoms with Crippen molar-refractivity contribution in [2.75, 3.05) is 18.4 Å². The van der Waals surface area contributed by atoms with Gasteiger partial charge in [0, 0.05) is 18.8 Å². The summed E-state index contributed by atoms with van der Waals surface area (Å²) in [4.78, 5) is 13.9. The number of carbonyl (C=O) groups excluding carboxylic acids is 1. The molecule has 0 aromatic heterocycles. The van der Waals surface area contributed by atoms with Crippen LogP contribution >= 0.6 is 0 Å². The summed E-state index contributed by atoms with van der Waals surface area (Å²) < 4.78 is 0. The Morgan fingerprint density at radius 1 is 1.35 bits per heavy atom. The fourth-order valence-electron chi connectivity index (χ4n) is 2.21. The van der Waals surface area contributed by atoms with Crippen molar-refractivity contribution in [1.29, 1.82) is 0 Å². The van der Waals surface area contributed by atoms with E-state index in [0.29, 0.717) is 5.92 Å². The Morgan fingerprint density at radius 3 is 2.71 bits per heavy atom. The van der Waals surface area contributed by atoms with Crippen LogP contribution in [0.15, 0.2) is 24.3 Å². The summed E-state index contributed by atoms with van der Waals surface area (Å²) in [6, 6.07) is 7.93. The van der Waals surface area contributed by atoms with E-state index in [4.69, 9.17) is 0 Å². The summed E-state index contributed by atoms with van der Waals surface area (Å²) >= 11 is 0. The van der Waals surface area contributed by atoms with E-state index in [0.717, 1.165) is 25.2 Å². The zero-order valence-corrected chi connectivity index (χ0v) is 10.6. The standard InChI is InChI=1S/C14H20N2O/c1-11-5-7-13(8-6-11)15-14(17)16-9-3-4-12(2)10-16/h5-8,12H,3-4,9-10H2,1-2H3,(H,15,17). The molecule has 1 heterocycles. The van der Waals surface area contributed by atoms with Gasteiger partial charge in [-0.3, -0.25) is 0 Å².